The third-order valence-corrected chi connectivity index (χ3v) is 14.3. The zero-order valence-electron chi connectivity index (χ0n) is 8.04. The van der Waals surface area contributed by atoms with Gasteiger partial charge in [-0.15, -0.1) is 0 Å². The number of fused-ring (bicyclic) bond motifs is 2. The van der Waals surface area contributed by atoms with Crippen LogP contribution < -0.4 is 14.4 Å². The summed E-state index contributed by atoms with van der Waals surface area (Å²) < 4.78 is 9.02. The molecule has 80 valence electrons. The minimum atomic E-state index is -0.203. The fourth-order valence-electron chi connectivity index (χ4n) is 1.54. The number of hydrogen-bond donors (Lipinski definition) is 0. The molecule has 0 radical (unpaired) electrons. The van der Waals surface area contributed by atoms with Crippen LogP contribution in [0.25, 0.3) is 0 Å². The summed E-state index contributed by atoms with van der Waals surface area (Å²) in [7, 11) is 0. The van der Waals surface area contributed by atoms with E-state index in [0.717, 1.165) is 0 Å². The van der Waals surface area contributed by atoms with Crippen LogP contribution in [-0.4, -0.2) is 41.8 Å². The quantitative estimate of drug-likeness (QED) is 0.355. The molecule has 0 aliphatic carbocycles. The zero-order valence-corrected chi connectivity index (χ0v) is 15.9. The van der Waals surface area contributed by atoms with Crippen LogP contribution in [0.4, 0.5) is 0 Å². The predicted octanol–water partition coefficient (Wildman–Crippen LogP) is 0.835. The van der Waals surface area contributed by atoms with Gasteiger partial charge in [0.15, 0.2) is 0 Å². The van der Waals surface area contributed by atoms with E-state index < -0.39 is 0 Å². The van der Waals surface area contributed by atoms with Gasteiger partial charge in [-0.05, 0) is 0 Å². The van der Waals surface area contributed by atoms with Crippen molar-refractivity contribution in [1.29, 1.82) is 0 Å². The third kappa shape index (κ3) is 2.14. The van der Waals surface area contributed by atoms with Crippen molar-refractivity contribution in [3.63, 3.8) is 0 Å². The molecule has 0 bridgehead atoms. The van der Waals surface area contributed by atoms with Crippen molar-refractivity contribution in [3.8, 4) is 0 Å². The molecule has 0 nitrogen and oxygen atoms in total. The van der Waals surface area contributed by atoms with Gasteiger partial charge in [-0.1, -0.05) is 0 Å². The van der Waals surface area contributed by atoms with E-state index in [0.29, 0.717) is 0 Å². The Labute approximate surface area is 132 Å². The summed E-state index contributed by atoms with van der Waals surface area (Å²) in [4.78, 5) is 0. The molecule has 0 saturated carbocycles. The van der Waals surface area contributed by atoms with Crippen LogP contribution >= 0.6 is 31.9 Å². The number of hydrogen-bond acceptors (Lipinski definition) is 0. The Bertz CT molecular complexity index is 567. The van der Waals surface area contributed by atoms with Gasteiger partial charge in [-0.2, -0.15) is 0 Å². The standard InChI is InChI=1S/C12H6Br2Te2/c13-7-5-6-10-12(11(7)14)16-9-4-2-1-3-8(9)15-10/h1-6H. The first-order valence-electron chi connectivity index (χ1n) is 4.68. The normalized spacial score (nSPS) is 13.1. The van der Waals surface area contributed by atoms with Crippen molar-refractivity contribution in [2.24, 2.45) is 0 Å². The Kier molecular flexibility index (Phi) is 3.71. The van der Waals surface area contributed by atoms with Crippen LogP contribution in [0.2, 0.25) is 0 Å². The molecule has 0 unspecified atom stereocenters. The molecule has 0 N–H and O–H groups in total. The van der Waals surface area contributed by atoms with Crippen molar-refractivity contribution in [3.05, 3.63) is 45.3 Å². The van der Waals surface area contributed by atoms with E-state index in [-0.39, 0.29) is 41.8 Å². The van der Waals surface area contributed by atoms with Gasteiger partial charge in [-0.25, -0.2) is 0 Å². The molecule has 1 aliphatic rings. The molecule has 2 aromatic carbocycles. The molecular weight excluding hydrogens is 559 g/mol. The molecule has 2 aromatic rings. The Morgan fingerprint density at radius 2 is 1.44 bits per heavy atom. The van der Waals surface area contributed by atoms with Gasteiger partial charge < -0.3 is 0 Å². The summed E-state index contributed by atoms with van der Waals surface area (Å²) in [5.74, 6) is 0. The Morgan fingerprint density at radius 3 is 2.19 bits per heavy atom. The first kappa shape index (κ1) is 12.0. The van der Waals surface area contributed by atoms with E-state index in [2.05, 4.69) is 68.3 Å². The molecule has 16 heavy (non-hydrogen) atoms. The predicted molar refractivity (Wildman–Crippen MR) is 78.3 cm³/mol. The summed E-state index contributed by atoms with van der Waals surface area (Å²) in [5.41, 5.74) is 0. The van der Waals surface area contributed by atoms with E-state index in [9.17, 15) is 0 Å². The van der Waals surface area contributed by atoms with Gasteiger partial charge in [-0.3, -0.25) is 0 Å². The molecule has 3 rings (SSSR count). The summed E-state index contributed by atoms with van der Waals surface area (Å²) >= 11 is 6.96. The van der Waals surface area contributed by atoms with Crippen LogP contribution in [0, 0.1) is 0 Å². The molecular formula is C12H6Br2Te2. The maximum atomic E-state index is 3.72. The van der Waals surface area contributed by atoms with Crippen LogP contribution in [0.1, 0.15) is 0 Å². The van der Waals surface area contributed by atoms with Crippen molar-refractivity contribution in [1.82, 2.24) is 0 Å². The second-order valence-corrected chi connectivity index (χ2v) is 11.1. The van der Waals surface area contributed by atoms with Gasteiger partial charge in [0.1, 0.15) is 0 Å². The first-order valence-corrected chi connectivity index (χ1v) is 10.9. The van der Waals surface area contributed by atoms with E-state index in [1.807, 2.05) is 0 Å². The molecule has 4 heteroatoms. The van der Waals surface area contributed by atoms with Gasteiger partial charge in [0, 0.05) is 0 Å². The number of benzene rings is 2. The monoisotopic (exact) mass is 568 g/mol. The van der Waals surface area contributed by atoms with E-state index in [1.54, 1.807) is 14.4 Å². The summed E-state index contributed by atoms with van der Waals surface area (Å²) in [6, 6.07) is 13.5. The second kappa shape index (κ2) is 4.93. The Hall–Kier alpha value is 0.979. The molecule has 1 aliphatic heterocycles. The van der Waals surface area contributed by atoms with E-state index in [4.69, 9.17) is 0 Å². The average molecular weight is 565 g/mol. The topological polar surface area (TPSA) is 0 Å². The van der Waals surface area contributed by atoms with Gasteiger partial charge in [0.2, 0.25) is 0 Å². The van der Waals surface area contributed by atoms with Gasteiger partial charge in [0.25, 0.3) is 0 Å². The SMILES string of the molecule is Brc1ccc2c(c1Br)[Te]c1ccccc1[Te]2. The molecule has 0 spiro atoms. The van der Waals surface area contributed by atoms with Gasteiger partial charge >= 0.3 is 133 Å². The van der Waals surface area contributed by atoms with Crippen molar-refractivity contribution < 1.29 is 0 Å². The first-order chi connectivity index (χ1) is 7.75. The molecule has 1 heterocycles. The summed E-state index contributed by atoms with van der Waals surface area (Å²) in [6.45, 7) is 0. The summed E-state index contributed by atoms with van der Waals surface area (Å²) in [5, 5.41) is 0. The molecule has 0 atom stereocenters. The molecule has 0 amide bonds. The van der Waals surface area contributed by atoms with E-state index >= 15 is 0 Å². The van der Waals surface area contributed by atoms with Gasteiger partial charge in [0.05, 0.1) is 0 Å². The van der Waals surface area contributed by atoms with Crippen LogP contribution in [0.5, 0.6) is 0 Å². The van der Waals surface area contributed by atoms with E-state index in [1.165, 1.54) is 8.95 Å². The average Bonchev–Trinajstić information content (AvgIpc) is 2.32. The fraction of sp³-hybridized carbons (Fsp3) is 0. The van der Waals surface area contributed by atoms with Crippen molar-refractivity contribution >= 4 is 88.2 Å². The Balaban J connectivity index is 2.16. The van der Waals surface area contributed by atoms with Crippen LogP contribution in [0.15, 0.2) is 45.3 Å². The molecule has 0 saturated heterocycles. The van der Waals surface area contributed by atoms with Crippen molar-refractivity contribution in [2.75, 3.05) is 0 Å². The third-order valence-electron chi connectivity index (χ3n) is 2.29. The Morgan fingerprint density at radius 1 is 0.750 bits per heavy atom. The number of halogens is 2. The van der Waals surface area contributed by atoms with Crippen LogP contribution in [0.3, 0.4) is 0 Å². The maximum absolute atomic E-state index is 3.72. The fourth-order valence-corrected chi connectivity index (χ4v) is 11.9. The minimum absolute atomic E-state index is 0.165. The second-order valence-electron chi connectivity index (χ2n) is 3.34. The summed E-state index contributed by atoms with van der Waals surface area (Å²) in [6.07, 6.45) is 0. The number of rotatable bonds is 0. The van der Waals surface area contributed by atoms with Crippen LogP contribution in [-0.2, 0) is 0 Å². The molecule has 0 fully saturated rings. The molecule has 0 aromatic heterocycles. The zero-order chi connectivity index (χ0) is 11.1. The van der Waals surface area contributed by atoms with Crippen molar-refractivity contribution in [2.45, 2.75) is 0 Å².